The highest BCUT2D eigenvalue weighted by atomic mass is 32.2. The van der Waals surface area contributed by atoms with Gasteiger partial charge in [0.05, 0.1) is 0 Å². The third-order valence-electron chi connectivity index (χ3n) is 3.49. The molecule has 0 fully saturated rings. The Morgan fingerprint density at radius 3 is 2.36 bits per heavy atom. The first-order valence-corrected chi connectivity index (χ1v) is 7.90. The molecule has 3 rings (SSSR count). The van der Waals surface area contributed by atoms with Crippen molar-refractivity contribution in [3.05, 3.63) is 66.0 Å². The van der Waals surface area contributed by atoms with Gasteiger partial charge < -0.3 is 4.57 Å². The molecule has 2 aromatic carbocycles. The Hall–Kier alpha value is -2.14. The lowest BCUT2D eigenvalue weighted by Crippen LogP contribution is -1.97. The van der Waals surface area contributed by atoms with Crippen molar-refractivity contribution in [3.8, 4) is 11.4 Å². The van der Waals surface area contributed by atoms with Crippen molar-refractivity contribution in [1.29, 1.82) is 0 Å². The van der Waals surface area contributed by atoms with E-state index < -0.39 is 0 Å². The van der Waals surface area contributed by atoms with Crippen molar-refractivity contribution in [3.63, 3.8) is 0 Å². The van der Waals surface area contributed by atoms with Gasteiger partial charge in [-0.05, 0) is 24.6 Å². The van der Waals surface area contributed by atoms with Gasteiger partial charge in [0.25, 0.3) is 0 Å². The van der Waals surface area contributed by atoms with E-state index in [-0.39, 0.29) is 11.1 Å². The van der Waals surface area contributed by atoms with Gasteiger partial charge in [-0.15, -0.1) is 10.2 Å². The average Bonchev–Trinajstić information content (AvgIpc) is 2.90. The van der Waals surface area contributed by atoms with E-state index in [1.807, 2.05) is 54.1 Å². The number of nitrogens with zero attached hydrogens (tertiary/aromatic N) is 3. The Morgan fingerprint density at radius 1 is 1.00 bits per heavy atom. The number of hydrogen-bond acceptors (Lipinski definition) is 3. The van der Waals surface area contributed by atoms with E-state index in [1.165, 1.54) is 12.1 Å². The minimum atomic E-state index is -0.217. The molecular weight excluding hydrogens is 297 g/mol. The maximum atomic E-state index is 13.0. The van der Waals surface area contributed by atoms with E-state index in [1.54, 1.807) is 11.8 Å². The molecule has 0 saturated carbocycles. The summed E-state index contributed by atoms with van der Waals surface area (Å²) < 4.78 is 15.0. The van der Waals surface area contributed by atoms with Crippen molar-refractivity contribution in [2.24, 2.45) is 7.05 Å². The Bertz CT molecular complexity index is 753. The molecule has 1 unspecified atom stereocenters. The zero-order valence-corrected chi connectivity index (χ0v) is 13.2. The second-order valence-electron chi connectivity index (χ2n) is 5.04. The molecule has 112 valence electrons. The van der Waals surface area contributed by atoms with Gasteiger partial charge in [0.15, 0.2) is 11.0 Å². The van der Waals surface area contributed by atoms with Gasteiger partial charge in [-0.1, -0.05) is 54.2 Å². The fraction of sp³-hybridized carbons (Fsp3) is 0.176. The lowest BCUT2D eigenvalue weighted by atomic mass is 10.2. The van der Waals surface area contributed by atoms with Crippen LogP contribution in [0.25, 0.3) is 11.4 Å². The van der Waals surface area contributed by atoms with Crippen LogP contribution in [0.3, 0.4) is 0 Å². The summed E-state index contributed by atoms with van der Waals surface area (Å²) >= 11 is 1.61. The van der Waals surface area contributed by atoms with Gasteiger partial charge in [-0.2, -0.15) is 0 Å². The van der Waals surface area contributed by atoms with E-state index in [0.717, 1.165) is 22.1 Å². The molecule has 3 nitrogen and oxygen atoms in total. The third-order valence-corrected chi connectivity index (χ3v) is 4.68. The van der Waals surface area contributed by atoms with Crippen molar-refractivity contribution in [2.75, 3.05) is 0 Å². The maximum Gasteiger partial charge on any atom is 0.191 e. The topological polar surface area (TPSA) is 30.7 Å². The third kappa shape index (κ3) is 3.04. The molecule has 1 aromatic heterocycles. The molecule has 22 heavy (non-hydrogen) atoms. The normalized spacial score (nSPS) is 12.3. The smallest absolute Gasteiger partial charge is 0.191 e. The summed E-state index contributed by atoms with van der Waals surface area (Å²) in [4.78, 5) is 0. The predicted octanol–water partition coefficient (Wildman–Crippen LogP) is 4.47. The van der Waals surface area contributed by atoms with Crippen LogP contribution < -0.4 is 0 Å². The molecule has 0 aliphatic heterocycles. The van der Waals surface area contributed by atoms with E-state index in [2.05, 4.69) is 17.1 Å². The Morgan fingerprint density at radius 2 is 1.68 bits per heavy atom. The summed E-state index contributed by atoms with van der Waals surface area (Å²) in [5.41, 5.74) is 2.11. The van der Waals surface area contributed by atoms with Crippen molar-refractivity contribution in [2.45, 2.75) is 17.3 Å². The highest BCUT2D eigenvalue weighted by Crippen LogP contribution is 2.34. The van der Waals surface area contributed by atoms with Crippen LogP contribution in [0.5, 0.6) is 0 Å². The quantitative estimate of drug-likeness (QED) is 0.666. The van der Waals surface area contributed by atoms with Gasteiger partial charge in [-0.25, -0.2) is 4.39 Å². The first-order valence-electron chi connectivity index (χ1n) is 7.02. The molecule has 0 aliphatic rings. The fourth-order valence-corrected chi connectivity index (χ4v) is 3.16. The van der Waals surface area contributed by atoms with Gasteiger partial charge in [0, 0.05) is 17.9 Å². The van der Waals surface area contributed by atoms with Crippen LogP contribution in [-0.2, 0) is 7.05 Å². The zero-order chi connectivity index (χ0) is 15.5. The molecule has 0 N–H and O–H groups in total. The Kier molecular flexibility index (Phi) is 4.24. The molecule has 0 radical (unpaired) electrons. The first-order chi connectivity index (χ1) is 10.6. The highest BCUT2D eigenvalue weighted by Gasteiger charge is 2.15. The number of hydrogen-bond donors (Lipinski definition) is 0. The first kappa shape index (κ1) is 14.8. The van der Waals surface area contributed by atoms with Gasteiger partial charge in [0.2, 0.25) is 0 Å². The fourth-order valence-electron chi connectivity index (χ4n) is 2.22. The second kappa shape index (κ2) is 6.32. The predicted molar refractivity (Wildman–Crippen MR) is 87.1 cm³/mol. The summed E-state index contributed by atoms with van der Waals surface area (Å²) in [7, 11) is 1.96. The van der Waals surface area contributed by atoms with Crippen LogP contribution in [-0.4, -0.2) is 14.8 Å². The van der Waals surface area contributed by atoms with Crippen molar-refractivity contribution < 1.29 is 4.39 Å². The molecule has 1 heterocycles. The molecule has 0 bridgehead atoms. The van der Waals surface area contributed by atoms with Gasteiger partial charge in [-0.3, -0.25) is 0 Å². The van der Waals surface area contributed by atoms with E-state index in [4.69, 9.17) is 0 Å². The van der Waals surface area contributed by atoms with E-state index in [9.17, 15) is 4.39 Å². The minimum absolute atomic E-state index is 0.173. The standard InChI is InChI=1S/C17H16FN3S/c1-12(13-8-10-15(18)11-9-13)22-17-20-19-16(21(17)2)14-6-4-3-5-7-14/h3-12H,1-2H3. The zero-order valence-electron chi connectivity index (χ0n) is 12.4. The summed E-state index contributed by atoms with van der Waals surface area (Å²) in [5.74, 6) is 0.625. The molecule has 0 aliphatic carbocycles. The lowest BCUT2D eigenvalue weighted by Gasteiger charge is -2.11. The van der Waals surface area contributed by atoms with Gasteiger partial charge in [0.1, 0.15) is 5.82 Å². The largest absolute Gasteiger partial charge is 0.305 e. The number of halogens is 1. The second-order valence-corrected chi connectivity index (χ2v) is 6.35. The minimum Gasteiger partial charge on any atom is -0.305 e. The van der Waals surface area contributed by atoms with Crippen LogP contribution in [0, 0.1) is 5.82 Å². The molecule has 3 aromatic rings. The number of thioether (sulfide) groups is 1. The van der Waals surface area contributed by atoms with Crippen molar-refractivity contribution in [1.82, 2.24) is 14.8 Å². The molecule has 0 saturated heterocycles. The number of rotatable bonds is 4. The van der Waals surface area contributed by atoms with Crippen LogP contribution in [0.4, 0.5) is 4.39 Å². The van der Waals surface area contributed by atoms with Crippen molar-refractivity contribution >= 4 is 11.8 Å². The monoisotopic (exact) mass is 313 g/mol. The Balaban J connectivity index is 1.82. The maximum absolute atomic E-state index is 13.0. The van der Waals surface area contributed by atoms with Crippen LogP contribution in [0.2, 0.25) is 0 Å². The summed E-state index contributed by atoms with van der Waals surface area (Å²) in [6.45, 7) is 2.08. The van der Waals surface area contributed by atoms with Crippen LogP contribution in [0.15, 0.2) is 59.8 Å². The lowest BCUT2D eigenvalue weighted by molar-refractivity contribution is 0.627. The van der Waals surface area contributed by atoms with Crippen LogP contribution >= 0.6 is 11.8 Å². The Labute approximate surface area is 133 Å². The van der Waals surface area contributed by atoms with Gasteiger partial charge >= 0.3 is 0 Å². The molecular formula is C17H16FN3S. The molecule has 1 atom stereocenters. The average molecular weight is 313 g/mol. The summed E-state index contributed by atoms with van der Waals surface area (Å²) in [5, 5.41) is 9.57. The molecule has 0 spiro atoms. The SMILES string of the molecule is CC(Sc1nnc(-c2ccccc2)n1C)c1ccc(F)cc1. The van der Waals surface area contributed by atoms with E-state index in [0.29, 0.717) is 0 Å². The number of aromatic nitrogens is 3. The van der Waals surface area contributed by atoms with E-state index >= 15 is 0 Å². The van der Waals surface area contributed by atoms with Crippen LogP contribution in [0.1, 0.15) is 17.7 Å². The molecule has 0 amide bonds. The number of benzene rings is 2. The highest BCUT2D eigenvalue weighted by molar-refractivity contribution is 7.99. The summed E-state index contributed by atoms with van der Waals surface area (Å²) in [6, 6.07) is 16.6. The summed E-state index contributed by atoms with van der Waals surface area (Å²) in [6.07, 6.45) is 0. The molecule has 5 heteroatoms.